The molecule has 0 bridgehead atoms. The van der Waals surface area contributed by atoms with Gasteiger partial charge in [-0.3, -0.25) is 4.98 Å². The van der Waals surface area contributed by atoms with Gasteiger partial charge >= 0.3 is 0 Å². The van der Waals surface area contributed by atoms with Crippen LogP contribution in [0.4, 0.5) is 0 Å². The van der Waals surface area contributed by atoms with Gasteiger partial charge in [0.15, 0.2) is 5.82 Å². The quantitative estimate of drug-likeness (QED) is 0.341. The Labute approximate surface area is 193 Å². The summed E-state index contributed by atoms with van der Waals surface area (Å²) < 4.78 is 2.17. The van der Waals surface area contributed by atoms with Crippen LogP contribution in [0.25, 0.3) is 34.0 Å². The lowest BCUT2D eigenvalue weighted by molar-refractivity contribution is 0.229. The third-order valence-corrected chi connectivity index (χ3v) is 5.79. The zero-order chi connectivity index (χ0) is 22.5. The fourth-order valence-electron chi connectivity index (χ4n) is 4.26. The molecule has 0 fully saturated rings. The number of hydrogen-bond donors (Lipinski definition) is 1. The SMILES string of the molecule is OC[C@H](Cc1ccccc1)n1c(-c2ccccn2)nc(-c2ccccc2)c1-c1ccccc1. The largest absolute Gasteiger partial charge is 0.394 e. The van der Waals surface area contributed by atoms with Crippen LogP contribution in [0.1, 0.15) is 11.6 Å². The average molecular weight is 432 g/mol. The fourth-order valence-corrected chi connectivity index (χ4v) is 4.26. The summed E-state index contributed by atoms with van der Waals surface area (Å²) >= 11 is 0. The van der Waals surface area contributed by atoms with Crippen LogP contribution in [0.15, 0.2) is 115 Å². The monoisotopic (exact) mass is 431 g/mol. The van der Waals surface area contributed by atoms with Crippen molar-refractivity contribution in [2.24, 2.45) is 0 Å². The Morgan fingerprint density at radius 3 is 1.91 bits per heavy atom. The highest BCUT2D eigenvalue weighted by Gasteiger charge is 2.26. The molecule has 162 valence electrons. The fraction of sp³-hybridized carbons (Fsp3) is 0.103. The molecule has 0 radical (unpaired) electrons. The molecule has 3 aromatic carbocycles. The van der Waals surface area contributed by atoms with E-state index >= 15 is 0 Å². The minimum atomic E-state index is -0.204. The van der Waals surface area contributed by atoms with E-state index in [-0.39, 0.29) is 12.6 Å². The summed E-state index contributed by atoms with van der Waals surface area (Å²) in [6.45, 7) is -0.0147. The average Bonchev–Trinajstić information content (AvgIpc) is 3.30. The molecule has 5 rings (SSSR count). The van der Waals surface area contributed by atoms with Crippen molar-refractivity contribution < 1.29 is 5.11 Å². The third kappa shape index (κ3) is 4.34. The maximum Gasteiger partial charge on any atom is 0.160 e. The summed E-state index contributed by atoms with van der Waals surface area (Å²) in [6.07, 6.45) is 2.46. The Morgan fingerprint density at radius 1 is 0.697 bits per heavy atom. The van der Waals surface area contributed by atoms with Gasteiger partial charge in [0.1, 0.15) is 5.69 Å². The van der Waals surface area contributed by atoms with Gasteiger partial charge < -0.3 is 9.67 Å². The van der Waals surface area contributed by atoms with Crippen molar-refractivity contribution in [2.45, 2.75) is 12.5 Å². The summed E-state index contributed by atoms with van der Waals surface area (Å²) in [4.78, 5) is 9.74. The van der Waals surface area contributed by atoms with Gasteiger partial charge in [-0.05, 0) is 24.1 Å². The van der Waals surface area contributed by atoms with Crippen molar-refractivity contribution >= 4 is 0 Å². The molecule has 0 aliphatic carbocycles. The highest BCUT2D eigenvalue weighted by atomic mass is 16.3. The Bertz CT molecular complexity index is 1300. The van der Waals surface area contributed by atoms with E-state index in [1.165, 1.54) is 0 Å². The van der Waals surface area contributed by atoms with Crippen LogP contribution in [-0.2, 0) is 6.42 Å². The zero-order valence-corrected chi connectivity index (χ0v) is 18.3. The van der Waals surface area contributed by atoms with Crippen LogP contribution in [0.3, 0.4) is 0 Å². The van der Waals surface area contributed by atoms with Gasteiger partial charge in [0.25, 0.3) is 0 Å². The number of rotatable bonds is 7. The maximum absolute atomic E-state index is 10.6. The lowest BCUT2D eigenvalue weighted by Gasteiger charge is -2.22. The molecular weight excluding hydrogens is 406 g/mol. The van der Waals surface area contributed by atoms with Crippen LogP contribution >= 0.6 is 0 Å². The van der Waals surface area contributed by atoms with E-state index in [9.17, 15) is 5.11 Å². The van der Waals surface area contributed by atoms with Gasteiger partial charge in [-0.1, -0.05) is 97.1 Å². The first-order valence-corrected chi connectivity index (χ1v) is 11.1. The first kappa shape index (κ1) is 20.9. The molecule has 0 aliphatic rings. The highest BCUT2D eigenvalue weighted by molar-refractivity contribution is 5.82. The summed E-state index contributed by atoms with van der Waals surface area (Å²) in [5.41, 5.74) is 5.90. The van der Waals surface area contributed by atoms with Crippen LogP contribution in [0.2, 0.25) is 0 Å². The van der Waals surface area contributed by atoms with Gasteiger partial charge in [-0.2, -0.15) is 0 Å². The van der Waals surface area contributed by atoms with Gasteiger partial charge in [0.2, 0.25) is 0 Å². The minimum absolute atomic E-state index is 0.0147. The second-order valence-corrected chi connectivity index (χ2v) is 7.98. The number of benzene rings is 3. The minimum Gasteiger partial charge on any atom is -0.394 e. The number of pyridine rings is 1. The molecule has 1 atom stereocenters. The van der Waals surface area contributed by atoms with Gasteiger partial charge in [0.05, 0.1) is 24.0 Å². The second kappa shape index (κ2) is 9.63. The molecule has 0 amide bonds. The molecule has 0 saturated carbocycles. The first-order chi connectivity index (χ1) is 16.3. The Kier molecular flexibility index (Phi) is 6.09. The molecule has 0 unspecified atom stereocenters. The van der Waals surface area contributed by atoms with Crippen molar-refractivity contribution in [2.75, 3.05) is 6.61 Å². The molecule has 2 aromatic heterocycles. The van der Waals surface area contributed by atoms with Crippen LogP contribution in [0, 0.1) is 0 Å². The third-order valence-electron chi connectivity index (χ3n) is 5.79. The van der Waals surface area contributed by atoms with Gasteiger partial charge in [-0.25, -0.2) is 4.98 Å². The molecule has 4 nitrogen and oxygen atoms in total. The van der Waals surface area contributed by atoms with E-state index in [4.69, 9.17) is 4.98 Å². The van der Waals surface area contributed by atoms with Crippen molar-refractivity contribution in [3.63, 3.8) is 0 Å². The van der Waals surface area contributed by atoms with E-state index in [1.54, 1.807) is 6.20 Å². The molecule has 33 heavy (non-hydrogen) atoms. The molecule has 0 spiro atoms. The Balaban J connectivity index is 1.78. The number of aromatic nitrogens is 3. The number of nitrogens with zero attached hydrogens (tertiary/aromatic N) is 3. The number of aliphatic hydroxyl groups is 1. The molecule has 0 saturated heterocycles. The van der Waals surface area contributed by atoms with Crippen LogP contribution < -0.4 is 0 Å². The highest BCUT2D eigenvalue weighted by Crippen LogP contribution is 2.38. The summed E-state index contributed by atoms with van der Waals surface area (Å²) in [5, 5.41) is 10.6. The molecule has 2 heterocycles. The van der Waals surface area contributed by atoms with E-state index in [1.807, 2.05) is 72.8 Å². The number of imidazole rings is 1. The predicted octanol–water partition coefficient (Wildman–Crippen LogP) is 6.06. The lowest BCUT2D eigenvalue weighted by atomic mass is 10.0. The molecule has 4 heteroatoms. The van der Waals surface area contributed by atoms with E-state index in [0.29, 0.717) is 6.42 Å². The zero-order valence-electron chi connectivity index (χ0n) is 18.3. The van der Waals surface area contributed by atoms with E-state index in [0.717, 1.165) is 39.6 Å². The van der Waals surface area contributed by atoms with Crippen molar-refractivity contribution in [1.82, 2.24) is 14.5 Å². The topological polar surface area (TPSA) is 50.9 Å². The van der Waals surface area contributed by atoms with Gasteiger partial charge in [0, 0.05) is 17.3 Å². The van der Waals surface area contributed by atoms with Crippen LogP contribution in [-0.4, -0.2) is 26.2 Å². The normalized spacial score (nSPS) is 11.9. The summed E-state index contributed by atoms with van der Waals surface area (Å²) in [5.74, 6) is 0.753. The second-order valence-electron chi connectivity index (χ2n) is 7.98. The molecule has 1 N–H and O–H groups in total. The predicted molar refractivity (Wildman–Crippen MR) is 133 cm³/mol. The summed E-state index contributed by atoms with van der Waals surface area (Å²) in [7, 11) is 0. The Hall–Kier alpha value is -4.02. The molecular formula is C29H25N3O. The smallest absolute Gasteiger partial charge is 0.160 e. The summed E-state index contributed by atoms with van der Waals surface area (Å²) in [6, 6.07) is 36.4. The maximum atomic E-state index is 10.6. The van der Waals surface area contributed by atoms with Gasteiger partial charge in [-0.15, -0.1) is 0 Å². The Morgan fingerprint density at radius 2 is 1.30 bits per heavy atom. The van der Waals surface area contributed by atoms with Crippen molar-refractivity contribution in [3.05, 3.63) is 121 Å². The number of hydrogen-bond acceptors (Lipinski definition) is 3. The van der Waals surface area contributed by atoms with Crippen LogP contribution in [0.5, 0.6) is 0 Å². The van der Waals surface area contributed by atoms with E-state index < -0.39 is 0 Å². The van der Waals surface area contributed by atoms with E-state index in [2.05, 4.69) is 45.9 Å². The molecule has 5 aromatic rings. The lowest BCUT2D eigenvalue weighted by Crippen LogP contribution is -2.18. The standard InChI is InChI=1S/C29H25N3O/c33-21-25(20-22-12-4-1-5-13-22)32-28(24-16-8-3-9-17-24)27(23-14-6-2-7-15-23)31-29(32)26-18-10-11-19-30-26/h1-19,25,33H,20-21H2/t25-/m0/s1. The first-order valence-electron chi connectivity index (χ1n) is 11.1. The number of aliphatic hydroxyl groups excluding tert-OH is 1. The van der Waals surface area contributed by atoms with Crippen molar-refractivity contribution in [1.29, 1.82) is 0 Å². The van der Waals surface area contributed by atoms with Crippen molar-refractivity contribution in [3.8, 4) is 34.0 Å². The molecule has 0 aliphatic heterocycles.